The van der Waals surface area contributed by atoms with Crippen molar-refractivity contribution in [3.05, 3.63) is 36.4 Å². The number of urea groups is 1. The molecular formula is C21H24FN7O. The normalized spacial score (nSPS) is 22.3. The molecule has 0 radical (unpaired) electrons. The van der Waals surface area contributed by atoms with Gasteiger partial charge in [-0.1, -0.05) is 0 Å². The number of hydrogen-bond acceptors (Lipinski definition) is 5. The quantitative estimate of drug-likeness (QED) is 0.718. The Morgan fingerprint density at radius 2 is 2.10 bits per heavy atom. The van der Waals surface area contributed by atoms with Crippen LogP contribution in [-0.4, -0.2) is 56.6 Å². The number of carbonyl (C=O) groups is 1. The van der Waals surface area contributed by atoms with E-state index < -0.39 is 5.82 Å². The van der Waals surface area contributed by atoms with Crippen LogP contribution in [0.1, 0.15) is 31.7 Å². The molecule has 30 heavy (non-hydrogen) atoms. The van der Waals surface area contributed by atoms with E-state index in [-0.39, 0.29) is 23.8 Å². The molecule has 5 rings (SSSR count). The molecule has 4 heterocycles. The Morgan fingerprint density at radius 1 is 1.23 bits per heavy atom. The Kier molecular flexibility index (Phi) is 4.62. The molecule has 9 heteroatoms. The smallest absolute Gasteiger partial charge is 0.325 e. The number of halogens is 1. The Labute approximate surface area is 173 Å². The first-order valence-corrected chi connectivity index (χ1v) is 10.3. The predicted molar refractivity (Wildman–Crippen MR) is 112 cm³/mol. The van der Waals surface area contributed by atoms with Crippen LogP contribution in [0.15, 0.2) is 30.6 Å². The summed E-state index contributed by atoms with van der Waals surface area (Å²) >= 11 is 0. The van der Waals surface area contributed by atoms with Crippen LogP contribution in [0.3, 0.4) is 0 Å². The van der Waals surface area contributed by atoms with Gasteiger partial charge < -0.3 is 15.2 Å². The molecule has 2 aliphatic rings. The Balaban J connectivity index is 1.69. The zero-order valence-electron chi connectivity index (χ0n) is 16.8. The van der Waals surface area contributed by atoms with Crippen LogP contribution < -0.4 is 10.6 Å². The molecule has 2 atom stereocenters. The molecule has 3 aromatic rings. The van der Waals surface area contributed by atoms with Crippen molar-refractivity contribution in [3.8, 4) is 11.5 Å². The molecule has 2 fully saturated rings. The lowest BCUT2D eigenvalue weighted by atomic mass is 9.91. The molecular weight excluding hydrogens is 385 g/mol. The zero-order chi connectivity index (χ0) is 20.8. The van der Waals surface area contributed by atoms with Crippen molar-refractivity contribution < 1.29 is 9.18 Å². The van der Waals surface area contributed by atoms with Gasteiger partial charge in [-0.3, -0.25) is 4.90 Å². The number of nitrogens with two attached hydrogens (primary N) is 1. The van der Waals surface area contributed by atoms with E-state index >= 15 is 0 Å². The van der Waals surface area contributed by atoms with Gasteiger partial charge in [0, 0.05) is 44.5 Å². The van der Waals surface area contributed by atoms with Crippen LogP contribution in [0, 0.1) is 5.82 Å². The second kappa shape index (κ2) is 7.32. The maximum atomic E-state index is 14.6. The lowest BCUT2D eigenvalue weighted by molar-refractivity contribution is 0.229. The second-order valence-electron chi connectivity index (χ2n) is 8.11. The van der Waals surface area contributed by atoms with Gasteiger partial charge in [0.2, 0.25) is 0 Å². The molecule has 0 aromatic carbocycles. The summed E-state index contributed by atoms with van der Waals surface area (Å²) in [5.41, 5.74) is 7.95. The van der Waals surface area contributed by atoms with Gasteiger partial charge in [0.05, 0.1) is 11.7 Å². The van der Waals surface area contributed by atoms with E-state index in [9.17, 15) is 9.18 Å². The Morgan fingerprint density at radius 3 is 2.83 bits per heavy atom. The van der Waals surface area contributed by atoms with Gasteiger partial charge in [0.15, 0.2) is 11.6 Å². The number of anilines is 1. The number of rotatable bonds is 3. The molecule has 2 N–H and O–H groups in total. The number of fused-ring (bicyclic) bond motifs is 1. The number of amides is 2. The lowest BCUT2D eigenvalue weighted by Gasteiger charge is -2.29. The summed E-state index contributed by atoms with van der Waals surface area (Å²) in [6.45, 7) is 1.23. The first-order chi connectivity index (χ1) is 14.5. The van der Waals surface area contributed by atoms with Crippen LogP contribution in [0.4, 0.5) is 15.0 Å². The summed E-state index contributed by atoms with van der Waals surface area (Å²) in [7, 11) is 1.77. The van der Waals surface area contributed by atoms with E-state index in [0.29, 0.717) is 30.2 Å². The van der Waals surface area contributed by atoms with Gasteiger partial charge in [-0.15, -0.1) is 0 Å². The summed E-state index contributed by atoms with van der Waals surface area (Å²) in [5.74, 6) is 0.635. The van der Waals surface area contributed by atoms with E-state index in [1.165, 1.54) is 6.07 Å². The molecule has 0 spiro atoms. The van der Waals surface area contributed by atoms with E-state index in [1.807, 2.05) is 6.07 Å². The average molecular weight is 409 g/mol. The maximum Gasteiger partial charge on any atom is 0.325 e. The summed E-state index contributed by atoms with van der Waals surface area (Å²) in [5, 5.41) is 0. The molecule has 1 aliphatic carbocycles. The number of pyridine rings is 2. The Hall–Kier alpha value is -3.07. The number of nitrogens with zero attached hydrogens (tertiary/aromatic N) is 6. The van der Waals surface area contributed by atoms with Crippen molar-refractivity contribution in [3.63, 3.8) is 0 Å². The summed E-state index contributed by atoms with van der Waals surface area (Å²) in [6, 6.07) is 4.94. The van der Waals surface area contributed by atoms with Gasteiger partial charge in [0.25, 0.3) is 0 Å². The van der Waals surface area contributed by atoms with Crippen molar-refractivity contribution in [2.45, 2.75) is 37.8 Å². The van der Waals surface area contributed by atoms with Crippen molar-refractivity contribution >= 4 is 22.9 Å². The summed E-state index contributed by atoms with van der Waals surface area (Å²) < 4.78 is 16.7. The third-order valence-electron chi connectivity index (χ3n) is 6.08. The number of aromatic nitrogens is 4. The molecule has 3 aromatic heterocycles. The topological polar surface area (TPSA) is 93.2 Å². The SMILES string of the molecule is CN1CCN(c2cc3c(cn2)nc(-c2ncccc2F)n3[C@@H]2CCC[C@H](N)C2)C1=O. The van der Waals surface area contributed by atoms with Crippen molar-refractivity contribution in [2.75, 3.05) is 25.0 Å². The average Bonchev–Trinajstić information content (AvgIpc) is 3.28. The van der Waals surface area contributed by atoms with Crippen LogP contribution in [0.5, 0.6) is 0 Å². The van der Waals surface area contributed by atoms with E-state index in [4.69, 9.17) is 5.73 Å². The predicted octanol–water partition coefficient (Wildman–Crippen LogP) is 2.95. The standard InChI is InChI=1S/C21H24FN7O/c1-27-8-9-28(21(27)30)18-11-17-16(12-25-18)26-20(19-15(22)6-3-7-24-19)29(17)14-5-2-4-13(23)10-14/h3,6-7,11-14H,2,4-5,8-10,23H2,1H3/t13-,14+/m0/s1. The fourth-order valence-corrected chi connectivity index (χ4v) is 4.52. The number of hydrogen-bond donors (Lipinski definition) is 1. The first-order valence-electron chi connectivity index (χ1n) is 10.3. The largest absolute Gasteiger partial charge is 0.328 e. The van der Waals surface area contributed by atoms with Crippen molar-refractivity contribution in [2.24, 2.45) is 5.73 Å². The van der Waals surface area contributed by atoms with Crippen LogP contribution >= 0.6 is 0 Å². The van der Waals surface area contributed by atoms with Gasteiger partial charge in [-0.05, 0) is 37.8 Å². The highest BCUT2D eigenvalue weighted by atomic mass is 19.1. The monoisotopic (exact) mass is 409 g/mol. The molecule has 2 amide bonds. The van der Waals surface area contributed by atoms with Crippen molar-refractivity contribution in [1.82, 2.24) is 24.4 Å². The number of likely N-dealkylation sites (N-methyl/N-ethyl adjacent to an activating group) is 1. The van der Waals surface area contributed by atoms with Crippen LogP contribution in [0.2, 0.25) is 0 Å². The van der Waals surface area contributed by atoms with Gasteiger partial charge >= 0.3 is 6.03 Å². The first kappa shape index (κ1) is 18.9. The highest BCUT2D eigenvalue weighted by Crippen LogP contribution is 2.36. The lowest BCUT2D eigenvalue weighted by Crippen LogP contribution is -2.30. The minimum absolute atomic E-state index is 0.0800. The number of imidazole rings is 1. The molecule has 156 valence electrons. The van der Waals surface area contributed by atoms with E-state index in [0.717, 1.165) is 31.2 Å². The van der Waals surface area contributed by atoms with E-state index in [2.05, 4.69) is 19.5 Å². The van der Waals surface area contributed by atoms with E-state index in [1.54, 1.807) is 35.3 Å². The summed E-state index contributed by atoms with van der Waals surface area (Å²) in [4.78, 5) is 29.2. The second-order valence-corrected chi connectivity index (χ2v) is 8.11. The highest BCUT2D eigenvalue weighted by Gasteiger charge is 2.30. The third-order valence-corrected chi connectivity index (χ3v) is 6.08. The molecule has 1 aliphatic heterocycles. The van der Waals surface area contributed by atoms with Crippen LogP contribution in [-0.2, 0) is 0 Å². The molecule has 0 unspecified atom stereocenters. The minimum atomic E-state index is -0.418. The molecule has 1 saturated carbocycles. The highest BCUT2D eigenvalue weighted by molar-refractivity contribution is 5.94. The van der Waals surface area contributed by atoms with Gasteiger partial charge in [0.1, 0.15) is 17.0 Å². The maximum absolute atomic E-state index is 14.6. The van der Waals surface area contributed by atoms with Gasteiger partial charge in [-0.25, -0.2) is 24.1 Å². The third kappa shape index (κ3) is 3.09. The fraction of sp³-hybridized carbons (Fsp3) is 0.429. The molecule has 1 saturated heterocycles. The fourth-order valence-electron chi connectivity index (χ4n) is 4.52. The number of carbonyl (C=O) groups excluding carboxylic acids is 1. The van der Waals surface area contributed by atoms with Crippen molar-refractivity contribution in [1.29, 1.82) is 0 Å². The Bertz CT molecular complexity index is 1110. The minimum Gasteiger partial charge on any atom is -0.328 e. The zero-order valence-corrected chi connectivity index (χ0v) is 16.8. The molecule has 8 nitrogen and oxygen atoms in total. The summed E-state index contributed by atoms with van der Waals surface area (Å²) in [6.07, 6.45) is 6.93. The van der Waals surface area contributed by atoms with Gasteiger partial charge in [-0.2, -0.15) is 0 Å². The van der Waals surface area contributed by atoms with Crippen LogP contribution in [0.25, 0.3) is 22.6 Å². The molecule has 0 bridgehead atoms.